The van der Waals surface area contributed by atoms with Crippen LogP contribution in [0.1, 0.15) is 30.7 Å². The summed E-state index contributed by atoms with van der Waals surface area (Å²) in [6, 6.07) is 0. The Morgan fingerprint density at radius 2 is 2.07 bits per heavy atom. The van der Waals surface area contributed by atoms with Crippen molar-refractivity contribution in [1.29, 1.82) is 0 Å². The molecule has 2 rings (SSSR count). The average Bonchev–Trinajstić information content (AvgIpc) is 2.63. The zero-order chi connectivity index (χ0) is 9.80. The predicted octanol–water partition coefficient (Wildman–Crippen LogP) is 0.869. The summed E-state index contributed by atoms with van der Waals surface area (Å²) < 4.78 is 4.63. The highest BCUT2D eigenvalue weighted by Crippen LogP contribution is 2.07. The molecule has 1 saturated heterocycles. The van der Waals surface area contributed by atoms with E-state index in [1.54, 1.807) is 0 Å². The number of hydrogen-bond donors (Lipinski definition) is 1. The van der Waals surface area contributed by atoms with Crippen LogP contribution >= 0.6 is 0 Å². The van der Waals surface area contributed by atoms with E-state index >= 15 is 0 Å². The topological polar surface area (TPSA) is 54.2 Å². The third-order valence-electron chi connectivity index (χ3n) is 2.57. The van der Waals surface area contributed by atoms with E-state index in [0.29, 0.717) is 0 Å². The summed E-state index contributed by atoms with van der Waals surface area (Å²) in [7, 11) is 0. The van der Waals surface area contributed by atoms with Crippen LogP contribution in [0, 0.1) is 6.92 Å². The molecule has 0 unspecified atom stereocenters. The molecule has 2 heterocycles. The minimum atomic E-state index is 0.718. The highest BCUT2D eigenvalue weighted by atomic mass is 16.6. The summed E-state index contributed by atoms with van der Waals surface area (Å²) in [6.45, 7) is 4.88. The Morgan fingerprint density at radius 1 is 1.29 bits per heavy atom. The Balaban J connectivity index is 1.79. The van der Waals surface area contributed by atoms with Crippen LogP contribution in [0.5, 0.6) is 0 Å². The lowest BCUT2D eigenvalue weighted by molar-refractivity contribution is 0.149. The molecule has 78 valence electrons. The zero-order valence-electron chi connectivity index (χ0n) is 8.49. The molecule has 14 heavy (non-hydrogen) atoms. The largest absolute Gasteiger partial charge is 0.249 e. The van der Waals surface area contributed by atoms with Gasteiger partial charge >= 0.3 is 0 Å². The van der Waals surface area contributed by atoms with Gasteiger partial charge in [-0.15, -0.1) is 0 Å². The number of rotatable bonds is 3. The average molecular weight is 196 g/mol. The molecule has 0 bridgehead atoms. The van der Waals surface area contributed by atoms with Gasteiger partial charge in [-0.3, -0.25) is 0 Å². The smallest absolute Gasteiger partial charge is 0.123 e. The summed E-state index contributed by atoms with van der Waals surface area (Å²) in [4.78, 5) is 0. The number of aromatic nitrogens is 2. The molecule has 0 radical (unpaired) electrons. The standard InChI is InChI=1S/C9H16N4O/c1-8-9(12-14-11-8)7-10-13-5-3-2-4-6-13/h10H,2-7H2,1H3. The number of hydrazine groups is 1. The van der Waals surface area contributed by atoms with E-state index in [1.165, 1.54) is 19.3 Å². The molecule has 5 nitrogen and oxygen atoms in total. The van der Waals surface area contributed by atoms with Crippen LogP contribution in [0.15, 0.2) is 4.63 Å². The number of nitrogens with zero attached hydrogens (tertiary/aromatic N) is 3. The molecule has 0 amide bonds. The first-order chi connectivity index (χ1) is 6.86. The summed E-state index contributed by atoms with van der Waals surface area (Å²) >= 11 is 0. The van der Waals surface area contributed by atoms with Crippen molar-refractivity contribution < 1.29 is 4.63 Å². The van der Waals surface area contributed by atoms with Crippen molar-refractivity contribution in [2.45, 2.75) is 32.7 Å². The normalized spacial score (nSPS) is 18.6. The molecule has 1 aliphatic heterocycles. The van der Waals surface area contributed by atoms with E-state index in [9.17, 15) is 0 Å². The van der Waals surface area contributed by atoms with Crippen LogP contribution in [0.25, 0.3) is 0 Å². The highest BCUT2D eigenvalue weighted by molar-refractivity contribution is 5.03. The summed E-state index contributed by atoms with van der Waals surface area (Å²) in [6.07, 6.45) is 3.91. The fraction of sp³-hybridized carbons (Fsp3) is 0.778. The Morgan fingerprint density at radius 3 is 2.71 bits per heavy atom. The van der Waals surface area contributed by atoms with Gasteiger partial charge in [0, 0.05) is 13.1 Å². The van der Waals surface area contributed by atoms with Gasteiger partial charge in [0.15, 0.2) is 0 Å². The van der Waals surface area contributed by atoms with Crippen molar-refractivity contribution >= 4 is 0 Å². The summed E-state index contributed by atoms with van der Waals surface area (Å²) in [5.74, 6) is 0. The second-order valence-corrected chi connectivity index (χ2v) is 3.68. The Kier molecular flexibility index (Phi) is 3.10. The maximum absolute atomic E-state index is 4.63. The van der Waals surface area contributed by atoms with Gasteiger partial charge in [0.05, 0.1) is 6.54 Å². The second-order valence-electron chi connectivity index (χ2n) is 3.68. The Bertz CT molecular complexity index is 280. The van der Waals surface area contributed by atoms with Crippen molar-refractivity contribution in [2.24, 2.45) is 0 Å². The monoisotopic (exact) mass is 196 g/mol. The number of nitrogens with one attached hydrogen (secondary N) is 1. The van der Waals surface area contributed by atoms with Gasteiger partial charge in [0.25, 0.3) is 0 Å². The van der Waals surface area contributed by atoms with Crippen molar-refractivity contribution in [3.8, 4) is 0 Å². The lowest BCUT2D eigenvalue weighted by Crippen LogP contribution is -2.41. The van der Waals surface area contributed by atoms with E-state index < -0.39 is 0 Å². The lowest BCUT2D eigenvalue weighted by Gasteiger charge is -2.26. The van der Waals surface area contributed by atoms with E-state index in [-0.39, 0.29) is 0 Å². The minimum Gasteiger partial charge on any atom is -0.249 e. The summed E-state index contributed by atoms with van der Waals surface area (Å²) in [5.41, 5.74) is 5.10. The minimum absolute atomic E-state index is 0.718. The molecule has 0 atom stereocenters. The van der Waals surface area contributed by atoms with Gasteiger partial charge in [0.2, 0.25) is 0 Å². The molecule has 1 aromatic rings. The van der Waals surface area contributed by atoms with Gasteiger partial charge in [-0.1, -0.05) is 16.7 Å². The third kappa shape index (κ3) is 2.30. The van der Waals surface area contributed by atoms with Crippen LogP contribution in [-0.4, -0.2) is 28.4 Å². The molecule has 0 aliphatic carbocycles. The van der Waals surface area contributed by atoms with Crippen molar-refractivity contribution in [2.75, 3.05) is 13.1 Å². The molecule has 1 fully saturated rings. The predicted molar refractivity (Wildman–Crippen MR) is 51.3 cm³/mol. The van der Waals surface area contributed by atoms with Crippen molar-refractivity contribution in [3.05, 3.63) is 11.4 Å². The second kappa shape index (κ2) is 4.52. The quantitative estimate of drug-likeness (QED) is 0.777. The third-order valence-corrected chi connectivity index (χ3v) is 2.57. The maximum Gasteiger partial charge on any atom is 0.123 e. The van der Waals surface area contributed by atoms with Crippen molar-refractivity contribution in [3.63, 3.8) is 0 Å². The SMILES string of the molecule is Cc1nonc1CNN1CCCCC1. The molecule has 1 aromatic heterocycles. The van der Waals surface area contributed by atoms with Gasteiger partial charge in [-0.2, -0.15) is 0 Å². The Labute approximate surface area is 83.4 Å². The molecule has 0 saturated carbocycles. The first-order valence-corrected chi connectivity index (χ1v) is 5.13. The highest BCUT2D eigenvalue weighted by Gasteiger charge is 2.11. The van der Waals surface area contributed by atoms with Crippen LogP contribution in [0.3, 0.4) is 0 Å². The first-order valence-electron chi connectivity index (χ1n) is 5.13. The van der Waals surface area contributed by atoms with Crippen LogP contribution in [0.4, 0.5) is 0 Å². The molecular formula is C9H16N4O. The molecular weight excluding hydrogens is 180 g/mol. The van der Waals surface area contributed by atoms with E-state index in [2.05, 4.69) is 25.4 Å². The van der Waals surface area contributed by atoms with Gasteiger partial charge in [0.1, 0.15) is 11.4 Å². The molecule has 0 spiro atoms. The van der Waals surface area contributed by atoms with Crippen LogP contribution in [-0.2, 0) is 6.54 Å². The van der Waals surface area contributed by atoms with E-state index in [4.69, 9.17) is 0 Å². The molecule has 5 heteroatoms. The fourth-order valence-corrected chi connectivity index (χ4v) is 1.65. The first kappa shape index (κ1) is 9.61. The molecule has 0 aromatic carbocycles. The van der Waals surface area contributed by atoms with Crippen molar-refractivity contribution in [1.82, 2.24) is 20.7 Å². The van der Waals surface area contributed by atoms with Crippen LogP contribution in [0.2, 0.25) is 0 Å². The van der Waals surface area contributed by atoms with Gasteiger partial charge in [-0.05, 0) is 19.8 Å². The number of piperidine rings is 1. The van der Waals surface area contributed by atoms with Gasteiger partial charge < -0.3 is 0 Å². The van der Waals surface area contributed by atoms with Crippen LogP contribution < -0.4 is 5.43 Å². The molecule has 1 N–H and O–H groups in total. The number of hydrogen-bond acceptors (Lipinski definition) is 5. The van der Waals surface area contributed by atoms with Gasteiger partial charge in [-0.25, -0.2) is 15.1 Å². The van der Waals surface area contributed by atoms with E-state index in [1.807, 2.05) is 6.92 Å². The number of aryl methyl sites for hydroxylation is 1. The maximum atomic E-state index is 4.63. The van der Waals surface area contributed by atoms with E-state index in [0.717, 1.165) is 31.0 Å². The Hall–Kier alpha value is -0.940. The fourth-order valence-electron chi connectivity index (χ4n) is 1.65. The summed E-state index contributed by atoms with van der Waals surface area (Å²) in [5, 5.41) is 9.81. The zero-order valence-corrected chi connectivity index (χ0v) is 8.49. The molecule has 1 aliphatic rings. The lowest BCUT2D eigenvalue weighted by atomic mass is 10.2.